The third kappa shape index (κ3) is 3.68. The molecule has 2 fully saturated rings. The molecule has 1 aromatic carbocycles. The van der Waals surface area contributed by atoms with Gasteiger partial charge in [-0.3, -0.25) is 0 Å². The fourth-order valence-electron chi connectivity index (χ4n) is 2.83. The second kappa shape index (κ2) is 6.96. The summed E-state index contributed by atoms with van der Waals surface area (Å²) in [4.78, 5) is 13.7. The number of rotatable bonds is 3. The Balaban J connectivity index is 1.59. The molecule has 22 heavy (non-hydrogen) atoms. The molecule has 3 rings (SSSR count). The Kier molecular flexibility index (Phi) is 4.77. The first-order valence-corrected chi connectivity index (χ1v) is 7.82. The van der Waals surface area contributed by atoms with E-state index in [1.165, 1.54) is 6.07 Å². The van der Waals surface area contributed by atoms with Crippen LogP contribution in [0.2, 0.25) is 0 Å². The van der Waals surface area contributed by atoms with E-state index in [2.05, 4.69) is 5.32 Å². The molecule has 0 radical (unpaired) electrons. The third-order valence-corrected chi connectivity index (χ3v) is 4.08. The molecule has 1 saturated heterocycles. The van der Waals surface area contributed by atoms with E-state index in [-0.39, 0.29) is 17.9 Å². The van der Waals surface area contributed by atoms with Crippen molar-refractivity contribution in [2.24, 2.45) is 0 Å². The van der Waals surface area contributed by atoms with E-state index in [1.54, 1.807) is 17.0 Å². The number of anilines is 1. The van der Waals surface area contributed by atoms with Gasteiger partial charge in [0, 0.05) is 24.8 Å². The second-order valence-corrected chi connectivity index (χ2v) is 5.70. The normalized spacial score (nSPS) is 19.2. The standard InChI is InChI=1S/C16H21FN2O3/c17-14-11-12(18-16(20)19-7-9-21-10-8-19)5-6-15(14)22-13-3-1-2-4-13/h5-6,11,13H,1-4,7-10H2,(H,18,20). The van der Waals surface area contributed by atoms with E-state index < -0.39 is 5.82 Å². The number of hydrogen-bond donors (Lipinski definition) is 1. The first-order valence-electron chi connectivity index (χ1n) is 7.82. The van der Waals surface area contributed by atoms with Crippen molar-refractivity contribution in [1.82, 2.24) is 4.90 Å². The van der Waals surface area contributed by atoms with E-state index in [4.69, 9.17) is 9.47 Å². The van der Waals surface area contributed by atoms with Crippen LogP contribution in [0.1, 0.15) is 25.7 Å². The van der Waals surface area contributed by atoms with E-state index in [9.17, 15) is 9.18 Å². The molecule has 1 saturated carbocycles. The lowest BCUT2D eigenvalue weighted by Crippen LogP contribution is -2.43. The second-order valence-electron chi connectivity index (χ2n) is 5.70. The van der Waals surface area contributed by atoms with Gasteiger partial charge in [-0.15, -0.1) is 0 Å². The molecule has 1 heterocycles. The van der Waals surface area contributed by atoms with Crippen molar-refractivity contribution in [3.05, 3.63) is 24.0 Å². The molecular weight excluding hydrogens is 287 g/mol. The lowest BCUT2D eigenvalue weighted by molar-refractivity contribution is 0.0564. The Hall–Kier alpha value is -1.82. The van der Waals surface area contributed by atoms with Gasteiger partial charge >= 0.3 is 6.03 Å². The zero-order valence-corrected chi connectivity index (χ0v) is 12.5. The topological polar surface area (TPSA) is 50.8 Å². The Labute approximate surface area is 129 Å². The van der Waals surface area contributed by atoms with Crippen LogP contribution in [0, 0.1) is 5.82 Å². The number of amides is 2. The van der Waals surface area contributed by atoms with Crippen LogP contribution in [0.15, 0.2) is 18.2 Å². The van der Waals surface area contributed by atoms with Crippen molar-refractivity contribution in [1.29, 1.82) is 0 Å². The maximum atomic E-state index is 14.1. The number of halogens is 1. The molecule has 1 aliphatic heterocycles. The van der Waals surface area contributed by atoms with Gasteiger partial charge in [-0.25, -0.2) is 9.18 Å². The van der Waals surface area contributed by atoms with Crippen LogP contribution in [-0.2, 0) is 4.74 Å². The number of hydrogen-bond acceptors (Lipinski definition) is 3. The van der Waals surface area contributed by atoms with E-state index in [1.807, 2.05) is 0 Å². The van der Waals surface area contributed by atoms with Gasteiger partial charge in [-0.2, -0.15) is 0 Å². The summed E-state index contributed by atoms with van der Waals surface area (Å²) in [6, 6.07) is 4.34. The van der Waals surface area contributed by atoms with Gasteiger partial charge in [0.05, 0.1) is 19.3 Å². The fraction of sp³-hybridized carbons (Fsp3) is 0.562. The number of nitrogens with one attached hydrogen (secondary N) is 1. The predicted molar refractivity (Wildman–Crippen MR) is 80.7 cm³/mol. The maximum absolute atomic E-state index is 14.1. The van der Waals surface area contributed by atoms with Crippen molar-refractivity contribution >= 4 is 11.7 Å². The quantitative estimate of drug-likeness (QED) is 0.934. The molecular formula is C16H21FN2O3. The van der Waals surface area contributed by atoms with Crippen LogP contribution in [0.4, 0.5) is 14.9 Å². The lowest BCUT2D eigenvalue weighted by atomic mass is 10.2. The predicted octanol–water partition coefficient (Wildman–Crippen LogP) is 3.01. The van der Waals surface area contributed by atoms with Crippen LogP contribution in [0.3, 0.4) is 0 Å². The molecule has 1 aliphatic carbocycles. The minimum Gasteiger partial charge on any atom is -0.487 e. The molecule has 120 valence electrons. The average molecular weight is 308 g/mol. The van der Waals surface area contributed by atoms with Gasteiger partial charge in [0.2, 0.25) is 0 Å². The Morgan fingerprint density at radius 3 is 2.68 bits per heavy atom. The highest BCUT2D eigenvalue weighted by atomic mass is 19.1. The van der Waals surface area contributed by atoms with E-state index in [0.717, 1.165) is 25.7 Å². The third-order valence-electron chi connectivity index (χ3n) is 4.08. The summed E-state index contributed by atoms with van der Waals surface area (Å²) in [7, 11) is 0. The zero-order valence-electron chi connectivity index (χ0n) is 12.5. The van der Waals surface area contributed by atoms with Crippen molar-refractivity contribution in [2.45, 2.75) is 31.8 Å². The van der Waals surface area contributed by atoms with Crippen molar-refractivity contribution in [2.75, 3.05) is 31.6 Å². The van der Waals surface area contributed by atoms with E-state index in [0.29, 0.717) is 32.0 Å². The van der Waals surface area contributed by atoms with Gasteiger partial charge in [0.25, 0.3) is 0 Å². The van der Waals surface area contributed by atoms with Crippen molar-refractivity contribution < 1.29 is 18.7 Å². The van der Waals surface area contributed by atoms with Gasteiger partial charge in [-0.1, -0.05) is 0 Å². The molecule has 0 bridgehead atoms. The van der Waals surface area contributed by atoms with Gasteiger partial charge < -0.3 is 19.7 Å². The van der Waals surface area contributed by atoms with Crippen LogP contribution < -0.4 is 10.1 Å². The Morgan fingerprint density at radius 1 is 1.27 bits per heavy atom. The summed E-state index contributed by atoms with van der Waals surface area (Å²) >= 11 is 0. The summed E-state index contributed by atoms with van der Waals surface area (Å²) in [6.07, 6.45) is 4.35. The number of morpholine rings is 1. The molecule has 1 aromatic rings. The largest absolute Gasteiger partial charge is 0.487 e. The number of carbonyl (C=O) groups is 1. The Morgan fingerprint density at radius 2 is 2.00 bits per heavy atom. The summed E-state index contributed by atoms with van der Waals surface area (Å²) in [5.41, 5.74) is 0.438. The number of benzene rings is 1. The van der Waals surface area contributed by atoms with Gasteiger partial charge in [0.1, 0.15) is 0 Å². The molecule has 1 N–H and O–H groups in total. The molecule has 0 spiro atoms. The molecule has 6 heteroatoms. The SMILES string of the molecule is O=C(Nc1ccc(OC2CCCC2)c(F)c1)N1CCOCC1. The zero-order chi connectivity index (χ0) is 15.4. The molecule has 2 amide bonds. The summed E-state index contributed by atoms with van der Waals surface area (Å²) < 4.78 is 25.0. The highest BCUT2D eigenvalue weighted by Gasteiger charge is 2.19. The highest BCUT2D eigenvalue weighted by molar-refractivity contribution is 5.89. The molecule has 0 atom stereocenters. The van der Waals surface area contributed by atoms with Crippen LogP contribution in [0.5, 0.6) is 5.75 Å². The molecule has 0 unspecified atom stereocenters. The summed E-state index contributed by atoms with van der Waals surface area (Å²) in [5.74, 6) is -0.178. The number of carbonyl (C=O) groups excluding carboxylic acids is 1. The number of nitrogens with zero attached hydrogens (tertiary/aromatic N) is 1. The van der Waals surface area contributed by atoms with Crippen molar-refractivity contribution in [3.63, 3.8) is 0 Å². The molecule has 0 aromatic heterocycles. The summed E-state index contributed by atoms with van der Waals surface area (Å²) in [5, 5.41) is 2.71. The molecule has 2 aliphatic rings. The van der Waals surface area contributed by atoms with Crippen LogP contribution >= 0.6 is 0 Å². The lowest BCUT2D eigenvalue weighted by Gasteiger charge is -2.27. The maximum Gasteiger partial charge on any atom is 0.322 e. The number of urea groups is 1. The molecule has 5 nitrogen and oxygen atoms in total. The van der Waals surface area contributed by atoms with Gasteiger partial charge in [-0.05, 0) is 37.8 Å². The van der Waals surface area contributed by atoms with Crippen LogP contribution in [-0.4, -0.2) is 43.3 Å². The first-order chi connectivity index (χ1) is 10.7. The summed E-state index contributed by atoms with van der Waals surface area (Å²) in [6.45, 7) is 2.18. The number of ether oxygens (including phenoxy) is 2. The fourth-order valence-corrected chi connectivity index (χ4v) is 2.83. The van der Waals surface area contributed by atoms with E-state index >= 15 is 0 Å². The average Bonchev–Trinajstić information content (AvgIpc) is 3.04. The van der Waals surface area contributed by atoms with Crippen molar-refractivity contribution in [3.8, 4) is 5.75 Å². The minimum atomic E-state index is -0.438. The monoisotopic (exact) mass is 308 g/mol. The smallest absolute Gasteiger partial charge is 0.322 e. The van der Waals surface area contributed by atoms with Gasteiger partial charge in [0.15, 0.2) is 11.6 Å². The first kappa shape index (κ1) is 15.1. The Bertz CT molecular complexity index is 526. The highest BCUT2D eigenvalue weighted by Crippen LogP contribution is 2.27. The minimum absolute atomic E-state index is 0.114. The van der Waals surface area contributed by atoms with Crippen LogP contribution in [0.25, 0.3) is 0 Å².